The van der Waals surface area contributed by atoms with E-state index in [2.05, 4.69) is 5.32 Å². The normalized spacial score (nSPS) is 15.0. The number of carboxylic acid groups (broad SMARTS) is 2. The van der Waals surface area contributed by atoms with Crippen LogP contribution in [0, 0.1) is 0 Å². The summed E-state index contributed by atoms with van der Waals surface area (Å²) in [5.41, 5.74) is 1.80. The summed E-state index contributed by atoms with van der Waals surface area (Å²) in [4.78, 5) is 37.9. The molecule has 3 N–H and O–H groups in total. The Labute approximate surface area is 177 Å². The molecule has 0 radical (unpaired) electrons. The number of ether oxygens (including phenoxy) is 1. The van der Waals surface area contributed by atoms with E-state index in [1.807, 2.05) is 41.8 Å². The fourth-order valence-electron chi connectivity index (χ4n) is 3.24. The minimum atomic E-state index is -1.52. The third-order valence-corrected chi connectivity index (χ3v) is 5.69. The molecule has 0 fully saturated rings. The second kappa shape index (κ2) is 9.55. The maximum Gasteiger partial charge on any atom is 0.512 e. The third-order valence-electron chi connectivity index (χ3n) is 4.77. The Hall–Kier alpha value is -3.17. The largest absolute Gasteiger partial charge is 0.512 e. The van der Waals surface area contributed by atoms with Gasteiger partial charge in [-0.05, 0) is 42.3 Å². The molecule has 0 spiro atoms. The van der Waals surface area contributed by atoms with Crippen molar-refractivity contribution in [1.29, 1.82) is 0 Å². The number of aryl methyl sites for hydroxylation is 1. The third kappa shape index (κ3) is 5.25. The van der Waals surface area contributed by atoms with Crippen LogP contribution in [0.1, 0.15) is 29.3 Å². The van der Waals surface area contributed by atoms with Crippen molar-refractivity contribution in [1.82, 2.24) is 10.2 Å². The number of benzene rings is 1. The lowest BCUT2D eigenvalue weighted by atomic mass is 10.0. The van der Waals surface area contributed by atoms with Gasteiger partial charge in [-0.2, -0.15) is 0 Å². The molecule has 1 aliphatic rings. The molecule has 0 saturated carbocycles. The van der Waals surface area contributed by atoms with Crippen molar-refractivity contribution in [2.45, 2.75) is 38.4 Å². The van der Waals surface area contributed by atoms with Gasteiger partial charge in [-0.15, -0.1) is 11.3 Å². The summed E-state index contributed by atoms with van der Waals surface area (Å²) in [6, 6.07) is 9.52. The average molecular weight is 430 g/mol. The molecule has 2 atom stereocenters. The number of nitrogens with one attached hydrogen (secondary N) is 1. The molecule has 3 rings (SSSR count). The number of thiophene rings is 1. The number of aliphatic carboxylic acids is 1. The maximum atomic E-state index is 13.0. The Morgan fingerprint density at radius 1 is 1.20 bits per heavy atom. The highest BCUT2D eigenvalue weighted by atomic mass is 32.1. The summed E-state index contributed by atoms with van der Waals surface area (Å²) in [6.07, 6.45) is 0.824. The molecule has 1 unspecified atom stereocenters. The molecular formula is C21H22N2O6S. The van der Waals surface area contributed by atoms with Gasteiger partial charge in [0.25, 0.3) is 0 Å². The van der Waals surface area contributed by atoms with Gasteiger partial charge in [-0.1, -0.05) is 30.3 Å². The van der Waals surface area contributed by atoms with Crippen molar-refractivity contribution < 1.29 is 29.3 Å². The first-order chi connectivity index (χ1) is 14.3. The average Bonchev–Trinajstić information content (AvgIpc) is 3.17. The van der Waals surface area contributed by atoms with E-state index in [0.717, 1.165) is 16.0 Å². The Bertz CT molecular complexity index is 955. The summed E-state index contributed by atoms with van der Waals surface area (Å²) in [6.45, 7) is 1.72. The van der Waals surface area contributed by atoms with Gasteiger partial charge in [0, 0.05) is 11.0 Å². The Kier molecular flexibility index (Phi) is 6.86. The van der Waals surface area contributed by atoms with E-state index in [9.17, 15) is 19.5 Å². The smallest absolute Gasteiger partial charge is 0.480 e. The van der Waals surface area contributed by atoms with Gasteiger partial charge < -0.3 is 14.9 Å². The van der Waals surface area contributed by atoms with Gasteiger partial charge in [0.05, 0.1) is 12.6 Å². The first-order valence-corrected chi connectivity index (χ1v) is 10.3. The van der Waals surface area contributed by atoms with E-state index < -0.39 is 30.1 Å². The lowest BCUT2D eigenvalue weighted by Crippen LogP contribution is -2.51. The maximum absolute atomic E-state index is 13.0. The quantitative estimate of drug-likeness (QED) is 0.551. The van der Waals surface area contributed by atoms with Crippen molar-refractivity contribution in [3.8, 4) is 0 Å². The van der Waals surface area contributed by atoms with E-state index in [-0.39, 0.29) is 12.4 Å². The number of rotatable bonds is 8. The Morgan fingerprint density at radius 2 is 1.93 bits per heavy atom. The summed E-state index contributed by atoms with van der Waals surface area (Å²) in [5, 5.41) is 23.3. The Balaban J connectivity index is 1.69. The zero-order chi connectivity index (χ0) is 21.7. The molecule has 1 aromatic heterocycles. The molecule has 8 nitrogen and oxygen atoms in total. The zero-order valence-corrected chi connectivity index (χ0v) is 17.1. The molecule has 0 saturated heterocycles. The minimum Gasteiger partial charge on any atom is -0.480 e. The fourth-order valence-corrected chi connectivity index (χ4v) is 4.09. The van der Waals surface area contributed by atoms with Crippen LogP contribution < -0.4 is 5.32 Å². The standard InChI is InChI=1S/C21H22N2O6S/c1-13(22-16(20(25)26)8-7-14-5-3-2-4-6-14)19(24)23-12-17-15(9-10-30-17)11-18(23)29-21(27)28/h2-6,9-11,13,16,22H,7-8,12H2,1H3,(H,25,26)(H,27,28)/t13-,16?/m0/s1. The lowest BCUT2D eigenvalue weighted by Gasteiger charge is -2.30. The second-order valence-electron chi connectivity index (χ2n) is 6.88. The van der Waals surface area contributed by atoms with Crippen molar-refractivity contribution in [2.75, 3.05) is 0 Å². The van der Waals surface area contributed by atoms with Crippen LogP contribution in [0.3, 0.4) is 0 Å². The first kappa shape index (κ1) is 21.5. The van der Waals surface area contributed by atoms with E-state index in [1.54, 1.807) is 6.92 Å². The molecule has 2 heterocycles. The molecule has 1 aromatic carbocycles. The zero-order valence-electron chi connectivity index (χ0n) is 16.3. The molecule has 0 bridgehead atoms. The predicted octanol–water partition coefficient (Wildman–Crippen LogP) is 3.15. The highest BCUT2D eigenvalue weighted by Gasteiger charge is 2.32. The van der Waals surface area contributed by atoms with Crippen molar-refractivity contribution in [3.05, 3.63) is 63.7 Å². The summed E-state index contributed by atoms with van der Waals surface area (Å²) in [7, 11) is 0. The van der Waals surface area contributed by atoms with Gasteiger partial charge in [0.15, 0.2) is 0 Å². The number of carbonyl (C=O) groups is 3. The highest BCUT2D eigenvalue weighted by molar-refractivity contribution is 7.10. The number of carboxylic acids is 1. The molecule has 1 amide bonds. The molecule has 30 heavy (non-hydrogen) atoms. The first-order valence-electron chi connectivity index (χ1n) is 9.38. The topological polar surface area (TPSA) is 116 Å². The van der Waals surface area contributed by atoms with Crippen molar-refractivity contribution in [2.24, 2.45) is 0 Å². The monoisotopic (exact) mass is 430 g/mol. The number of nitrogens with zero attached hydrogens (tertiary/aromatic N) is 1. The molecule has 1 aliphatic heterocycles. The van der Waals surface area contributed by atoms with Gasteiger partial charge in [-0.25, -0.2) is 4.79 Å². The van der Waals surface area contributed by atoms with Gasteiger partial charge in [0.2, 0.25) is 11.8 Å². The van der Waals surface area contributed by atoms with Crippen LogP contribution in [0.25, 0.3) is 6.08 Å². The summed E-state index contributed by atoms with van der Waals surface area (Å²) < 4.78 is 4.80. The van der Waals surface area contributed by atoms with Crippen LogP contribution in [0.2, 0.25) is 0 Å². The molecule has 0 aliphatic carbocycles. The lowest BCUT2D eigenvalue weighted by molar-refractivity contribution is -0.140. The SMILES string of the molecule is C[C@H](NC(CCc1ccccc1)C(=O)O)C(=O)N1Cc2sccc2C=C1OC(=O)O. The van der Waals surface area contributed by atoms with Gasteiger partial charge in [-0.3, -0.25) is 19.8 Å². The van der Waals surface area contributed by atoms with Gasteiger partial charge in [0.1, 0.15) is 6.04 Å². The highest BCUT2D eigenvalue weighted by Crippen LogP contribution is 2.30. The van der Waals surface area contributed by atoms with Gasteiger partial charge >= 0.3 is 12.1 Å². The molecule has 2 aromatic rings. The molecular weight excluding hydrogens is 408 g/mol. The van der Waals surface area contributed by atoms with Crippen molar-refractivity contribution in [3.63, 3.8) is 0 Å². The molecule has 9 heteroatoms. The van der Waals surface area contributed by atoms with E-state index in [0.29, 0.717) is 12.8 Å². The van der Waals surface area contributed by atoms with E-state index >= 15 is 0 Å². The van der Waals surface area contributed by atoms with E-state index in [4.69, 9.17) is 9.84 Å². The number of hydrogen-bond acceptors (Lipinski definition) is 6. The number of hydrogen-bond donors (Lipinski definition) is 3. The van der Waals surface area contributed by atoms with E-state index in [1.165, 1.54) is 22.3 Å². The van der Waals surface area contributed by atoms with Crippen LogP contribution in [0.4, 0.5) is 4.79 Å². The van der Waals surface area contributed by atoms with Crippen LogP contribution in [-0.2, 0) is 27.3 Å². The second-order valence-corrected chi connectivity index (χ2v) is 7.88. The Morgan fingerprint density at radius 3 is 2.60 bits per heavy atom. The number of carbonyl (C=O) groups excluding carboxylic acids is 1. The van der Waals surface area contributed by atoms with Crippen LogP contribution in [0.15, 0.2) is 47.7 Å². The predicted molar refractivity (Wildman–Crippen MR) is 111 cm³/mol. The van der Waals surface area contributed by atoms with Crippen LogP contribution in [0.5, 0.6) is 0 Å². The van der Waals surface area contributed by atoms with Crippen LogP contribution >= 0.6 is 11.3 Å². The minimum absolute atomic E-state index is 0.0942. The van der Waals surface area contributed by atoms with Crippen molar-refractivity contribution >= 4 is 35.4 Å². The van der Waals surface area contributed by atoms with Crippen LogP contribution in [-0.4, -0.2) is 45.2 Å². The molecule has 158 valence electrons. The summed E-state index contributed by atoms with van der Waals surface area (Å²) >= 11 is 1.45. The number of fused-ring (bicyclic) bond motifs is 1. The fraction of sp³-hybridized carbons (Fsp3) is 0.286. The summed E-state index contributed by atoms with van der Waals surface area (Å²) in [5.74, 6) is -1.61. The number of amides is 1.